The van der Waals surface area contributed by atoms with E-state index >= 15 is 0 Å². The SMILES string of the molecule is O=C(NCc1ccccc1)C1CC(=O)N(CCc2ccccc2)C1. The van der Waals surface area contributed by atoms with Gasteiger partial charge < -0.3 is 10.2 Å². The molecule has 1 N–H and O–H groups in total. The van der Waals surface area contributed by atoms with Crippen LogP contribution in [0.2, 0.25) is 0 Å². The monoisotopic (exact) mass is 322 g/mol. The summed E-state index contributed by atoms with van der Waals surface area (Å²) in [5.41, 5.74) is 2.28. The molecule has 0 aliphatic carbocycles. The summed E-state index contributed by atoms with van der Waals surface area (Å²) in [6, 6.07) is 19.9. The predicted octanol–water partition coefficient (Wildman–Crippen LogP) is 2.39. The first-order valence-electron chi connectivity index (χ1n) is 8.36. The Labute approximate surface area is 142 Å². The quantitative estimate of drug-likeness (QED) is 0.888. The normalized spacial score (nSPS) is 17.1. The molecule has 24 heavy (non-hydrogen) atoms. The Kier molecular flexibility index (Phi) is 5.26. The third-order valence-corrected chi connectivity index (χ3v) is 4.41. The van der Waals surface area contributed by atoms with Gasteiger partial charge in [-0.15, -0.1) is 0 Å². The van der Waals surface area contributed by atoms with Crippen molar-refractivity contribution in [1.82, 2.24) is 10.2 Å². The summed E-state index contributed by atoms with van der Waals surface area (Å²) in [5, 5.41) is 2.94. The lowest BCUT2D eigenvalue weighted by atomic mass is 10.1. The number of nitrogens with one attached hydrogen (secondary N) is 1. The van der Waals surface area contributed by atoms with Gasteiger partial charge in [-0.25, -0.2) is 0 Å². The first-order valence-corrected chi connectivity index (χ1v) is 8.36. The van der Waals surface area contributed by atoms with Crippen LogP contribution in [-0.2, 0) is 22.6 Å². The third kappa shape index (κ3) is 4.22. The molecule has 124 valence electrons. The fourth-order valence-corrected chi connectivity index (χ4v) is 3.00. The molecule has 0 spiro atoms. The van der Waals surface area contributed by atoms with Crippen molar-refractivity contribution in [2.24, 2.45) is 5.92 Å². The molecular weight excluding hydrogens is 300 g/mol. The van der Waals surface area contributed by atoms with Crippen LogP contribution in [0.25, 0.3) is 0 Å². The van der Waals surface area contributed by atoms with E-state index in [2.05, 4.69) is 17.4 Å². The van der Waals surface area contributed by atoms with E-state index < -0.39 is 0 Å². The van der Waals surface area contributed by atoms with Gasteiger partial charge in [0.25, 0.3) is 0 Å². The molecule has 1 aliphatic rings. The van der Waals surface area contributed by atoms with Gasteiger partial charge in [0.1, 0.15) is 0 Å². The Morgan fingerprint density at radius 3 is 2.29 bits per heavy atom. The smallest absolute Gasteiger partial charge is 0.225 e. The van der Waals surface area contributed by atoms with Gasteiger partial charge in [-0.05, 0) is 17.5 Å². The minimum absolute atomic E-state index is 0.0329. The number of carbonyl (C=O) groups is 2. The van der Waals surface area contributed by atoms with Crippen LogP contribution in [0, 0.1) is 5.92 Å². The van der Waals surface area contributed by atoms with Crippen LogP contribution in [0.5, 0.6) is 0 Å². The summed E-state index contributed by atoms with van der Waals surface area (Å²) in [5.74, 6) is -0.197. The Morgan fingerprint density at radius 1 is 1.00 bits per heavy atom. The molecule has 2 aromatic rings. The summed E-state index contributed by atoms with van der Waals surface area (Å²) in [6.07, 6.45) is 1.14. The van der Waals surface area contributed by atoms with Crippen molar-refractivity contribution in [2.45, 2.75) is 19.4 Å². The van der Waals surface area contributed by atoms with Gasteiger partial charge >= 0.3 is 0 Å². The van der Waals surface area contributed by atoms with E-state index in [0.717, 1.165) is 12.0 Å². The van der Waals surface area contributed by atoms with Crippen LogP contribution >= 0.6 is 0 Å². The summed E-state index contributed by atoms with van der Waals surface area (Å²) in [7, 11) is 0. The van der Waals surface area contributed by atoms with Crippen LogP contribution in [0.1, 0.15) is 17.5 Å². The molecule has 4 heteroatoms. The van der Waals surface area contributed by atoms with Gasteiger partial charge in [-0.3, -0.25) is 9.59 Å². The maximum atomic E-state index is 12.3. The fourth-order valence-electron chi connectivity index (χ4n) is 3.00. The van der Waals surface area contributed by atoms with E-state index in [1.807, 2.05) is 48.5 Å². The molecule has 4 nitrogen and oxygen atoms in total. The molecule has 0 aromatic heterocycles. The van der Waals surface area contributed by atoms with Gasteiger partial charge in [0.05, 0.1) is 5.92 Å². The summed E-state index contributed by atoms with van der Waals surface area (Å²) < 4.78 is 0. The Morgan fingerprint density at radius 2 is 1.62 bits per heavy atom. The second kappa shape index (κ2) is 7.77. The summed E-state index contributed by atoms with van der Waals surface area (Å²) in [4.78, 5) is 26.2. The second-order valence-corrected chi connectivity index (χ2v) is 6.18. The number of hydrogen-bond acceptors (Lipinski definition) is 2. The molecule has 1 heterocycles. The largest absolute Gasteiger partial charge is 0.352 e. The van der Waals surface area contributed by atoms with E-state index in [1.165, 1.54) is 5.56 Å². The van der Waals surface area contributed by atoms with E-state index in [9.17, 15) is 9.59 Å². The number of amides is 2. The van der Waals surface area contributed by atoms with Crippen molar-refractivity contribution in [3.8, 4) is 0 Å². The number of hydrogen-bond donors (Lipinski definition) is 1. The van der Waals surface area contributed by atoms with Crippen molar-refractivity contribution in [2.75, 3.05) is 13.1 Å². The number of likely N-dealkylation sites (tertiary alicyclic amines) is 1. The molecule has 1 saturated heterocycles. The topological polar surface area (TPSA) is 49.4 Å². The molecule has 2 amide bonds. The molecule has 1 fully saturated rings. The summed E-state index contributed by atoms with van der Waals surface area (Å²) in [6.45, 7) is 1.70. The zero-order chi connectivity index (χ0) is 16.8. The van der Waals surface area contributed by atoms with Gasteiger partial charge in [0, 0.05) is 26.1 Å². The van der Waals surface area contributed by atoms with Gasteiger partial charge in [0.15, 0.2) is 0 Å². The van der Waals surface area contributed by atoms with Gasteiger partial charge in [-0.1, -0.05) is 60.7 Å². The summed E-state index contributed by atoms with van der Waals surface area (Å²) >= 11 is 0. The van der Waals surface area contributed by atoms with Gasteiger partial charge in [-0.2, -0.15) is 0 Å². The lowest BCUT2D eigenvalue weighted by Gasteiger charge is -2.16. The molecule has 0 bridgehead atoms. The highest BCUT2D eigenvalue weighted by atomic mass is 16.2. The molecule has 1 aliphatic heterocycles. The van der Waals surface area contributed by atoms with Crippen LogP contribution in [0.4, 0.5) is 0 Å². The highest BCUT2D eigenvalue weighted by Gasteiger charge is 2.33. The minimum atomic E-state index is -0.239. The third-order valence-electron chi connectivity index (χ3n) is 4.41. The number of carbonyl (C=O) groups excluding carboxylic acids is 2. The van der Waals surface area contributed by atoms with Crippen molar-refractivity contribution >= 4 is 11.8 Å². The zero-order valence-corrected chi connectivity index (χ0v) is 13.7. The molecule has 1 atom stereocenters. The standard InChI is InChI=1S/C20H22N2O2/c23-19-13-18(20(24)21-14-17-9-5-2-6-10-17)15-22(19)12-11-16-7-3-1-4-8-16/h1-10,18H,11-15H2,(H,21,24). The maximum Gasteiger partial charge on any atom is 0.225 e. The van der Waals surface area contributed by atoms with Crippen molar-refractivity contribution in [3.05, 3.63) is 71.8 Å². The highest BCUT2D eigenvalue weighted by Crippen LogP contribution is 2.18. The van der Waals surface area contributed by atoms with Crippen molar-refractivity contribution in [1.29, 1.82) is 0 Å². The number of benzene rings is 2. The van der Waals surface area contributed by atoms with Gasteiger partial charge in [0.2, 0.25) is 11.8 Å². The zero-order valence-electron chi connectivity index (χ0n) is 13.7. The van der Waals surface area contributed by atoms with E-state index in [-0.39, 0.29) is 17.7 Å². The van der Waals surface area contributed by atoms with Crippen LogP contribution in [0.3, 0.4) is 0 Å². The Balaban J connectivity index is 1.48. The Hall–Kier alpha value is -2.62. The lowest BCUT2D eigenvalue weighted by Crippen LogP contribution is -2.33. The molecule has 0 radical (unpaired) electrons. The maximum absolute atomic E-state index is 12.3. The first-order chi connectivity index (χ1) is 11.7. The van der Waals surface area contributed by atoms with Crippen LogP contribution in [0.15, 0.2) is 60.7 Å². The van der Waals surface area contributed by atoms with Crippen LogP contribution < -0.4 is 5.32 Å². The molecule has 3 rings (SSSR count). The van der Waals surface area contributed by atoms with Crippen molar-refractivity contribution < 1.29 is 9.59 Å². The molecule has 1 unspecified atom stereocenters. The fraction of sp³-hybridized carbons (Fsp3) is 0.300. The number of rotatable bonds is 6. The molecule has 0 saturated carbocycles. The Bertz CT molecular complexity index is 685. The number of nitrogens with zero attached hydrogens (tertiary/aromatic N) is 1. The van der Waals surface area contributed by atoms with E-state index in [4.69, 9.17) is 0 Å². The lowest BCUT2D eigenvalue weighted by molar-refractivity contribution is -0.129. The van der Waals surface area contributed by atoms with E-state index in [1.54, 1.807) is 4.90 Å². The average molecular weight is 322 g/mol. The molecule has 2 aromatic carbocycles. The highest BCUT2D eigenvalue weighted by molar-refractivity contribution is 5.89. The average Bonchev–Trinajstić information content (AvgIpc) is 3.00. The first kappa shape index (κ1) is 16.2. The van der Waals surface area contributed by atoms with E-state index in [0.29, 0.717) is 26.1 Å². The van der Waals surface area contributed by atoms with Crippen LogP contribution in [-0.4, -0.2) is 29.8 Å². The van der Waals surface area contributed by atoms with Crippen molar-refractivity contribution in [3.63, 3.8) is 0 Å². The predicted molar refractivity (Wildman–Crippen MR) is 93.1 cm³/mol. The minimum Gasteiger partial charge on any atom is -0.352 e. The second-order valence-electron chi connectivity index (χ2n) is 6.18. The molecular formula is C20H22N2O2.